The van der Waals surface area contributed by atoms with E-state index in [9.17, 15) is 0 Å². The van der Waals surface area contributed by atoms with Gasteiger partial charge in [0.1, 0.15) is 5.01 Å². The minimum absolute atomic E-state index is 0.713. The summed E-state index contributed by atoms with van der Waals surface area (Å²) in [7, 11) is 1.79. The highest BCUT2D eigenvalue weighted by molar-refractivity contribution is 7.99. The van der Waals surface area contributed by atoms with Crippen LogP contribution in [0.25, 0.3) is 0 Å². The number of hydrogen-bond donors (Lipinski definition) is 2. The number of guanidine groups is 1. The number of thioether (sulfide) groups is 1. The van der Waals surface area contributed by atoms with E-state index in [0.29, 0.717) is 6.54 Å². The summed E-state index contributed by atoms with van der Waals surface area (Å²) in [6, 6.07) is 10.4. The maximum absolute atomic E-state index is 4.52. The summed E-state index contributed by atoms with van der Waals surface area (Å²) in [4.78, 5) is 11.3. The molecular weight excluding hydrogens is 312 g/mol. The molecule has 0 unspecified atom stereocenters. The molecule has 0 saturated heterocycles. The topological polar surface area (TPSA) is 49.3 Å². The van der Waals surface area contributed by atoms with Gasteiger partial charge in [0.2, 0.25) is 0 Å². The molecule has 2 N–H and O–H groups in total. The van der Waals surface area contributed by atoms with E-state index in [1.807, 2.05) is 24.8 Å². The molecule has 0 spiro atoms. The zero-order valence-electron chi connectivity index (χ0n) is 13.2. The monoisotopic (exact) mass is 334 g/mol. The van der Waals surface area contributed by atoms with Gasteiger partial charge in [0, 0.05) is 29.1 Å². The minimum Gasteiger partial charge on any atom is -0.356 e. The van der Waals surface area contributed by atoms with Gasteiger partial charge < -0.3 is 10.6 Å². The molecular formula is C16H22N4S2. The van der Waals surface area contributed by atoms with Crippen molar-refractivity contribution in [2.45, 2.75) is 25.3 Å². The van der Waals surface area contributed by atoms with Crippen molar-refractivity contribution in [3.05, 3.63) is 45.9 Å². The van der Waals surface area contributed by atoms with Gasteiger partial charge in [-0.05, 0) is 26.0 Å². The van der Waals surface area contributed by atoms with Gasteiger partial charge in [-0.3, -0.25) is 4.99 Å². The third-order valence-electron chi connectivity index (χ3n) is 3.11. The Labute approximate surface area is 140 Å². The average molecular weight is 335 g/mol. The molecule has 0 aliphatic heterocycles. The first-order valence-corrected chi connectivity index (χ1v) is 9.04. The Bertz CT molecular complexity index is 588. The molecule has 1 heterocycles. The van der Waals surface area contributed by atoms with Gasteiger partial charge in [-0.1, -0.05) is 18.2 Å². The SMILES string of the molecule is CN=C(NCCSc1ccccc1)NCc1nc(C)c(C)s1. The van der Waals surface area contributed by atoms with E-state index in [1.54, 1.807) is 18.4 Å². The first-order chi connectivity index (χ1) is 10.7. The molecule has 0 saturated carbocycles. The molecule has 2 rings (SSSR count). The maximum Gasteiger partial charge on any atom is 0.191 e. The molecule has 0 aliphatic rings. The Kier molecular flexibility index (Phi) is 6.74. The molecule has 0 atom stereocenters. The first-order valence-electron chi connectivity index (χ1n) is 7.24. The van der Waals surface area contributed by atoms with Crippen LogP contribution in [0.5, 0.6) is 0 Å². The minimum atomic E-state index is 0.713. The van der Waals surface area contributed by atoms with Crippen LogP contribution < -0.4 is 10.6 Å². The Morgan fingerprint density at radius 2 is 2.00 bits per heavy atom. The van der Waals surface area contributed by atoms with Crippen molar-refractivity contribution in [3.8, 4) is 0 Å². The predicted molar refractivity (Wildman–Crippen MR) is 97.0 cm³/mol. The molecule has 4 nitrogen and oxygen atoms in total. The zero-order chi connectivity index (χ0) is 15.8. The van der Waals surface area contributed by atoms with Gasteiger partial charge in [-0.2, -0.15) is 0 Å². The quantitative estimate of drug-likeness (QED) is 0.369. The third kappa shape index (κ3) is 5.35. The number of aryl methyl sites for hydroxylation is 2. The normalized spacial score (nSPS) is 11.5. The van der Waals surface area contributed by atoms with Crippen LogP contribution in [0.4, 0.5) is 0 Å². The van der Waals surface area contributed by atoms with Crippen LogP contribution in [0.2, 0.25) is 0 Å². The Balaban J connectivity index is 1.69. The van der Waals surface area contributed by atoms with Crippen LogP contribution >= 0.6 is 23.1 Å². The summed E-state index contributed by atoms with van der Waals surface area (Å²) in [6.07, 6.45) is 0. The van der Waals surface area contributed by atoms with Crippen LogP contribution in [-0.2, 0) is 6.54 Å². The lowest BCUT2D eigenvalue weighted by molar-refractivity contribution is 0.824. The highest BCUT2D eigenvalue weighted by atomic mass is 32.2. The van der Waals surface area contributed by atoms with Gasteiger partial charge in [-0.25, -0.2) is 4.98 Å². The fraction of sp³-hybridized carbons (Fsp3) is 0.375. The Morgan fingerprint density at radius 3 is 2.64 bits per heavy atom. The average Bonchev–Trinajstić information content (AvgIpc) is 2.86. The molecule has 2 aromatic rings. The number of benzene rings is 1. The largest absolute Gasteiger partial charge is 0.356 e. The lowest BCUT2D eigenvalue weighted by Crippen LogP contribution is -2.37. The number of nitrogens with zero attached hydrogens (tertiary/aromatic N) is 2. The fourth-order valence-electron chi connectivity index (χ4n) is 1.85. The molecule has 22 heavy (non-hydrogen) atoms. The molecule has 0 bridgehead atoms. The van der Waals surface area contributed by atoms with E-state index in [1.165, 1.54) is 9.77 Å². The summed E-state index contributed by atoms with van der Waals surface area (Å²) in [5.74, 6) is 1.82. The number of aliphatic imine (C=N–C) groups is 1. The van der Waals surface area contributed by atoms with Crippen molar-refractivity contribution < 1.29 is 0 Å². The Hall–Kier alpha value is -1.53. The standard InChI is InChI=1S/C16H22N4S2/c1-12-13(2)22-15(20-12)11-19-16(17-3)18-9-10-21-14-7-5-4-6-8-14/h4-8H,9-11H2,1-3H3,(H2,17,18,19). The van der Waals surface area contributed by atoms with E-state index in [-0.39, 0.29) is 0 Å². The lowest BCUT2D eigenvalue weighted by Gasteiger charge is -2.10. The summed E-state index contributed by atoms with van der Waals surface area (Å²) in [5.41, 5.74) is 1.11. The maximum atomic E-state index is 4.52. The van der Waals surface area contributed by atoms with Gasteiger partial charge >= 0.3 is 0 Å². The number of thiazole rings is 1. The molecule has 1 aromatic heterocycles. The molecule has 0 fully saturated rings. The van der Waals surface area contributed by atoms with Crippen molar-refractivity contribution in [2.24, 2.45) is 4.99 Å². The molecule has 0 aliphatic carbocycles. The van der Waals surface area contributed by atoms with E-state index in [4.69, 9.17) is 0 Å². The van der Waals surface area contributed by atoms with Crippen LogP contribution in [0, 0.1) is 13.8 Å². The fourth-order valence-corrected chi connectivity index (χ4v) is 3.51. The van der Waals surface area contributed by atoms with Crippen molar-refractivity contribution in [2.75, 3.05) is 19.3 Å². The highest BCUT2D eigenvalue weighted by Gasteiger charge is 2.04. The van der Waals surface area contributed by atoms with E-state index >= 15 is 0 Å². The van der Waals surface area contributed by atoms with E-state index < -0.39 is 0 Å². The molecule has 6 heteroatoms. The van der Waals surface area contributed by atoms with Crippen molar-refractivity contribution in [1.29, 1.82) is 0 Å². The van der Waals surface area contributed by atoms with Crippen LogP contribution in [0.1, 0.15) is 15.6 Å². The third-order valence-corrected chi connectivity index (χ3v) is 5.20. The van der Waals surface area contributed by atoms with Gasteiger partial charge in [0.05, 0.1) is 12.2 Å². The summed E-state index contributed by atoms with van der Waals surface area (Å²) in [6.45, 7) is 5.73. The number of hydrogen-bond acceptors (Lipinski definition) is 4. The summed E-state index contributed by atoms with van der Waals surface area (Å²) >= 11 is 3.57. The van der Waals surface area contributed by atoms with Gasteiger partial charge in [0.25, 0.3) is 0 Å². The van der Waals surface area contributed by atoms with Crippen molar-refractivity contribution in [1.82, 2.24) is 15.6 Å². The van der Waals surface area contributed by atoms with Crippen LogP contribution in [0.15, 0.2) is 40.2 Å². The highest BCUT2D eigenvalue weighted by Crippen LogP contribution is 2.16. The summed E-state index contributed by atoms with van der Waals surface area (Å²) < 4.78 is 0. The van der Waals surface area contributed by atoms with E-state index in [2.05, 4.69) is 51.8 Å². The number of aromatic nitrogens is 1. The molecule has 0 amide bonds. The second-order valence-electron chi connectivity index (χ2n) is 4.76. The molecule has 1 aromatic carbocycles. The zero-order valence-corrected chi connectivity index (χ0v) is 14.9. The second kappa shape index (κ2) is 8.80. The lowest BCUT2D eigenvalue weighted by atomic mass is 10.4. The first kappa shape index (κ1) is 16.8. The number of nitrogens with one attached hydrogen (secondary N) is 2. The summed E-state index contributed by atoms with van der Waals surface area (Å²) in [5, 5.41) is 7.72. The van der Waals surface area contributed by atoms with Crippen LogP contribution in [-0.4, -0.2) is 30.3 Å². The smallest absolute Gasteiger partial charge is 0.191 e. The Morgan fingerprint density at radius 1 is 1.23 bits per heavy atom. The molecule has 118 valence electrons. The van der Waals surface area contributed by atoms with Gasteiger partial charge in [0.15, 0.2) is 5.96 Å². The molecule has 0 radical (unpaired) electrons. The van der Waals surface area contributed by atoms with E-state index in [0.717, 1.165) is 29.0 Å². The second-order valence-corrected chi connectivity index (χ2v) is 7.22. The predicted octanol–water partition coefficient (Wildman–Crippen LogP) is 3.22. The van der Waals surface area contributed by atoms with Crippen molar-refractivity contribution >= 4 is 29.1 Å². The van der Waals surface area contributed by atoms with Crippen LogP contribution in [0.3, 0.4) is 0 Å². The van der Waals surface area contributed by atoms with Crippen molar-refractivity contribution in [3.63, 3.8) is 0 Å². The van der Waals surface area contributed by atoms with Gasteiger partial charge in [-0.15, -0.1) is 23.1 Å². The number of rotatable bonds is 6.